The minimum absolute atomic E-state index is 0.0227. The molecule has 4 heteroatoms. The van der Waals surface area contributed by atoms with Crippen LogP contribution in [0.5, 0.6) is 0 Å². The van der Waals surface area contributed by atoms with Gasteiger partial charge < -0.3 is 5.73 Å². The summed E-state index contributed by atoms with van der Waals surface area (Å²) < 4.78 is 0. The first-order chi connectivity index (χ1) is 7.76. The number of carbonyl (C=O) groups is 1. The lowest BCUT2D eigenvalue weighted by atomic mass is 9.99. The minimum Gasteiger partial charge on any atom is -0.326 e. The first-order valence-corrected chi connectivity index (χ1v) is 5.25. The molecule has 0 aromatic heterocycles. The summed E-state index contributed by atoms with van der Waals surface area (Å²) >= 11 is 0. The standard InChI is InChI=1S/C12H13N3O/c13-5-6-15-11-3-1-9(8-14)7-10(11)2-4-12(15)16/h1,3,7H,2,4,6,8,14H2. The van der Waals surface area contributed by atoms with Crippen molar-refractivity contribution < 1.29 is 4.79 Å². The zero-order valence-electron chi connectivity index (χ0n) is 8.94. The fraction of sp³-hybridized carbons (Fsp3) is 0.333. The Bertz CT molecular complexity index is 462. The summed E-state index contributed by atoms with van der Waals surface area (Å²) in [4.78, 5) is 13.2. The first-order valence-electron chi connectivity index (χ1n) is 5.25. The largest absolute Gasteiger partial charge is 0.326 e. The van der Waals surface area contributed by atoms with Crippen molar-refractivity contribution in [3.05, 3.63) is 29.3 Å². The van der Waals surface area contributed by atoms with Crippen LogP contribution in [0.3, 0.4) is 0 Å². The number of anilines is 1. The number of hydrogen-bond acceptors (Lipinski definition) is 3. The van der Waals surface area contributed by atoms with Gasteiger partial charge in [0.1, 0.15) is 6.54 Å². The van der Waals surface area contributed by atoms with Crippen LogP contribution in [0.2, 0.25) is 0 Å². The van der Waals surface area contributed by atoms with Crippen molar-refractivity contribution in [1.82, 2.24) is 0 Å². The molecule has 1 aliphatic heterocycles. The minimum atomic E-state index is 0.0227. The van der Waals surface area contributed by atoms with Crippen LogP contribution >= 0.6 is 0 Å². The molecule has 0 unspecified atom stereocenters. The molecular formula is C12H13N3O. The lowest BCUT2D eigenvalue weighted by Gasteiger charge is -2.27. The molecule has 0 spiro atoms. The number of nitrogens with zero attached hydrogens (tertiary/aromatic N) is 2. The smallest absolute Gasteiger partial charge is 0.228 e. The molecule has 1 heterocycles. The van der Waals surface area contributed by atoms with E-state index in [4.69, 9.17) is 11.0 Å². The maximum atomic E-state index is 11.7. The van der Waals surface area contributed by atoms with E-state index in [0.29, 0.717) is 13.0 Å². The van der Waals surface area contributed by atoms with Gasteiger partial charge in [0.25, 0.3) is 0 Å². The van der Waals surface area contributed by atoms with Gasteiger partial charge in [-0.15, -0.1) is 0 Å². The molecule has 16 heavy (non-hydrogen) atoms. The van der Waals surface area contributed by atoms with Gasteiger partial charge in [-0.2, -0.15) is 5.26 Å². The van der Waals surface area contributed by atoms with Crippen molar-refractivity contribution in [2.75, 3.05) is 11.4 Å². The Kier molecular flexibility index (Phi) is 2.88. The second-order valence-corrected chi connectivity index (χ2v) is 3.81. The maximum absolute atomic E-state index is 11.7. The van der Waals surface area contributed by atoms with Crippen LogP contribution in [0.15, 0.2) is 18.2 Å². The number of carbonyl (C=O) groups excluding carboxylic acids is 1. The summed E-state index contributed by atoms with van der Waals surface area (Å²) in [5.41, 5.74) is 8.60. The Balaban J connectivity index is 2.41. The van der Waals surface area contributed by atoms with E-state index >= 15 is 0 Å². The van der Waals surface area contributed by atoms with Crippen molar-refractivity contribution in [2.45, 2.75) is 19.4 Å². The number of nitrogens with two attached hydrogens (primary N) is 1. The highest BCUT2D eigenvalue weighted by atomic mass is 16.2. The fourth-order valence-electron chi connectivity index (χ4n) is 1.98. The number of nitriles is 1. The predicted octanol–water partition coefficient (Wildman–Crippen LogP) is 0.948. The average molecular weight is 215 g/mol. The molecule has 2 N–H and O–H groups in total. The van der Waals surface area contributed by atoms with Gasteiger partial charge >= 0.3 is 0 Å². The van der Waals surface area contributed by atoms with Crippen LogP contribution in [-0.2, 0) is 17.8 Å². The van der Waals surface area contributed by atoms with Crippen molar-refractivity contribution >= 4 is 11.6 Å². The van der Waals surface area contributed by atoms with E-state index in [-0.39, 0.29) is 12.5 Å². The molecule has 1 aromatic carbocycles. The van der Waals surface area contributed by atoms with Crippen molar-refractivity contribution in [2.24, 2.45) is 5.73 Å². The van der Waals surface area contributed by atoms with Gasteiger partial charge in [0.05, 0.1) is 6.07 Å². The summed E-state index contributed by atoms with van der Waals surface area (Å²) in [6.45, 7) is 0.618. The zero-order valence-corrected chi connectivity index (χ0v) is 8.94. The highest BCUT2D eigenvalue weighted by Crippen LogP contribution is 2.28. The Labute approximate surface area is 94.3 Å². The van der Waals surface area contributed by atoms with Crippen LogP contribution in [0.4, 0.5) is 5.69 Å². The molecule has 0 saturated carbocycles. The molecule has 2 rings (SSSR count). The molecule has 0 radical (unpaired) electrons. The van der Waals surface area contributed by atoms with Gasteiger partial charge in [0, 0.05) is 18.7 Å². The van der Waals surface area contributed by atoms with E-state index in [9.17, 15) is 4.79 Å². The van der Waals surface area contributed by atoms with Gasteiger partial charge in [0.15, 0.2) is 0 Å². The lowest BCUT2D eigenvalue weighted by molar-refractivity contribution is -0.118. The number of hydrogen-bond donors (Lipinski definition) is 1. The summed E-state index contributed by atoms with van der Waals surface area (Å²) in [6.07, 6.45) is 1.21. The number of amides is 1. The number of fused-ring (bicyclic) bond motifs is 1. The molecule has 0 aliphatic carbocycles. The number of rotatable bonds is 2. The van der Waals surface area contributed by atoms with Gasteiger partial charge in [-0.25, -0.2) is 0 Å². The maximum Gasteiger partial charge on any atom is 0.228 e. The third-order valence-corrected chi connectivity index (χ3v) is 2.81. The van der Waals surface area contributed by atoms with Crippen LogP contribution in [-0.4, -0.2) is 12.5 Å². The van der Waals surface area contributed by atoms with Gasteiger partial charge in [-0.3, -0.25) is 9.69 Å². The molecule has 1 amide bonds. The molecule has 1 aromatic rings. The normalized spacial score (nSPS) is 14.5. The van der Waals surface area contributed by atoms with Gasteiger partial charge in [0.2, 0.25) is 5.91 Å². The Morgan fingerprint density at radius 2 is 2.25 bits per heavy atom. The highest BCUT2D eigenvalue weighted by molar-refractivity contribution is 5.96. The molecule has 1 aliphatic rings. The van der Waals surface area contributed by atoms with Crippen molar-refractivity contribution in [3.63, 3.8) is 0 Å². The summed E-state index contributed by atoms with van der Waals surface area (Å²) in [5, 5.41) is 8.70. The quantitative estimate of drug-likeness (QED) is 0.746. The topological polar surface area (TPSA) is 70.1 Å². The monoisotopic (exact) mass is 215 g/mol. The van der Waals surface area contributed by atoms with E-state index in [2.05, 4.69) is 0 Å². The average Bonchev–Trinajstić information content (AvgIpc) is 2.32. The third-order valence-electron chi connectivity index (χ3n) is 2.81. The number of benzene rings is 1. The summed E-state index contributed by atoms with van der Waals surface area (Å²) in [7, 11) is 0. The second-order valence-electron chi connectivity index (χ2n) is 3.81. The van der Waals surface area contributed by atoms with E-state index in [1.165, 1.54) is 0 Å². The SMILES string of the molecule is N#CCN1C(=O)CCc2cc(CN)ccc21. The zero-order chi connectivity index (χ0) is 11.5. The Morgan fingerprint density at radius 1 is 1.44 bits per heavy atom. The summed E-state index contributed by atoms with van der Waals surface area (Å²) in [6, 6.07) is 7.82. The first kappa shape index (κ1) is 10.7. The molecule has 0 bridgehead atoms. The fourth-order valence-corrected chi connectivity index (χ4v) is 1.98. The molecule has 4 nitrogen and oxygen atoms in total. The van der Waals surface area contributed by atoms with Crippen molar-refractivity contribution in [3.8, 4) is 6.07 Å². The lowest BCUT2D eigenvalue weighted by Crippen LogP contribution is -2.35. The Morgan fingerprint density at radius 3 is 2.94 bits per heavy atom. The van der Waals surface area contributed by atoms with E-state index < -0.39 is 0 Å². The van der Waals surface area contributed by atoms with E-state index in [1.54, 1.807) is 4.90 Å². The predicted molar refractivity (Wildman–Crippen MR) is 60.6 cm³/mol. The number of aryl methyl sites for hydroxylation is 1. The van der Waals surface area contributed by atoms with Crippen LogP contribution in [0, 0.1) is 11.3 Å². The summed E-state index contributed by atoms with van der Waals surface area (Å²) in [5.74, 6) is 0.0227. The molecule has 0 atom stereocenters. The van der Waals surface area contributed by atoms with Crippen molar-refractivity contribution in [1.29, 1.82) is 5.26 Å². The molecule has 82 valence electrons. The van der Waals surface area contributed by atoms with Crippen LogP contribution in [0.1, 0.15) is 17.5 Å². The van der Waals surface area contributed by atoms with E-state index in [1.807, 2.05) is 24.3 Å². The molecule has 0 saturated heterocycles. The molecule has 0 fully saturated rings. The second kappa shape index (κ2) is 4.33. The van der Waals surface area contributed by atoms with Crippen LogP contribution < -0.4 is 10.6 Å². The Hall–Kier alpha value is -1.86. The van der Waals surface area contributed by atoms with Crippen LogP contribution in [0.25, 0.3) is 0 Å². The van der Waals surface area contributed by atoms with Gasteiger partial charge in [-0.1, -0.05) is 12.1 Å². The van der Waals surface area contributed by atoms with Gasteiger partial charge in [-0.05, 0) is 23.6 Å². The molecular weight excluding hydrogens is 202 g/mol. The third kappa shape index (κ3) is 1.77. The highest BCUT2D eigenvalue weighted by Gasteiger charge is 2.23. The van der Waals surface area contributed by atoms with E-state index in [0.717, 1.165) is 23.2 Å².